The number of piperazine rings is 1. The molecule has 1 aromatic heterocycles. The van der Waals surface area contributed by atoms with Crippen LogP contribution in [0.5, 0.6) is 0 Å². The summed E-state index contributed by atoms with van der Waals surface area (Å²) >= 11 is 2.26. The predicted octanol–water partition coefficient (Wildman–Crippen LogP) is 1.08. The van der Waals surface area contributed by atoms with Gasteiger partial charge in [-0.15, -0.1) is 0 Å². The molecule has 2 aliphatic rings. The average Bonchev–Trinajstić information content (AvgIpc) is 3.34. The molecule has 0 aliphatic carbocycles. The summed E-state index contributed by atoms with van der Waals surface area (Å²) in [7, 11) is -3.70. The molecule has 150 valence electrons. The maximum atomic E-state index is 13.0. The van der Waals surface area contributed by atoms with Gasteiger partial charge >= 0.3 is 0 Å². The van der Waals surface area contributed by atoms with Crippen LogP contribution in [-0.4, -0.2) is 87.4 Å². The van der Waals surface area contributed by atoms with Crippen molar-refractivity contribution in [1.29, 1.82) is 0 Å². The Morgan fingerprint density at radius 3 is 2.61 bits per heavy atom. The molecule has 9 nitrogen and oxygen atoms in total. The summed E-state index contributed by atoms with van der Waals surface area (Å²) in [6.07, 6.45) is 0.267. The number of carbonyl (C=O) groups excluding carboxylic acids is 2. The Morgan fingerprint density at radius 2 is 1.89 bits per heavy atom. The van der Waals surface area contributed by atoms with Crippen LogP contribution in [0.1, 0.15) is 6.42 Å². The van der Waals surface area contributed by atoms with Crippen LogP contribution in [0.25, 0.3) is 11.0 Å². The zero-order chi connectivity index (χ0) is 19.7. The molecule has 0 unspecified atom stereocenters. The molecule has 28 heavy (non-hydrogen) atoms. The molecule has 3 heterocycles. The first kappa shape index (κ1) is 19.6. The highest BCUT2D eigenvalue weighted by Gasteiger charge is 2.32. The first-order valence-electron chi connectivity index (χ1n) is 8.88. The fourth-order valence-electron chi connectivity index (χ4n) is 3.32. The monoisotopic (exact) mass is 441 g/mol. The SMILES string of the molecule is O=C(CCN1CCSC1=O)N1CCN(S(=O)(=O)c2cccc3nsnc23)CC1. The van der Waals surface area contributed by atoms with Gasteiger partial charge in [-0.2, -0.15) is 13.1 Å². The standard InChI is InChI=1S/C16H19N5O4S3/c22-14(4-5-20-10-11-26-16(20)23)19-6-8-21(9-7-19)28(24,25)13-3-1-2-12-15(13)18-27-17-12/h1-3H,4-11H2. The quantitative estimate of drug-likeness (QED) is 0.684. The van der Waals surface area contributed by atoms with Crippen molar-refractivity contribution in [1.82, 2.24) is 22.9 Å². The predicted molar refractivity (Wildman–Crippen MR) is 107 cm³/mol. The lowest BCUT2D eigenvalue weighted by molar-refractivity contribution is -0.132. The van der Waals surface area contributed by atoms with Crippen LogP contribution in [0.15, 0.2) is 23.1 Å². The van der Waals surface area contributed by atoms with Gasteiger partial charge in [0.1, 0.15) is 15.9 Å². The number of fused-ring (bicyclic) bond motifs is 1. The van der Waals surface area contributed by atoms with E-state index in [0.29, 0.717) is 37.2 Å². The highest BCUT2D eigenvalue weighted by molar-refractivity contribution is 8.13. The Morgan fingerprint density at radius 1 is 1.11 bits per heavy atom. The fraction of sp³-hybridized carbons (Fsp3) is 0.500. The summed E-state index contributed by atoms with van der Waals surface area (Å²) in [5.74, 6) is 0.720. The molecule has 0 bridgehead atoms. The lowest BCUT2D eigenvalue weighted by Crippen LogP contribution is -2.50. The molecule has 4 rings (SSSR count). The smallest absolute Gasteiger partial charge is 0.281 e. The molecule has 2 fully saturated rings. The van der Waals surface area contributed by atoms with Gasteiger partial charge in [0.15, 0.2) is 0 Å². The van der Waals surface area contributed by atoms with E-state index in [0.717, 1.165) is 17.5 Å². The molecule has 12 heteroatoms. The van der Waals surface area contributed by atoms with Crippen LogP contribution >= 0.6 is 23.5 Å². The van der Waals surface area contributed by atoms with E-state index in [1.165, 1.54) is 16.1 Å². The van der Waals surface area contributed by atoms with Crippen LogP contribution in [-0.2, 0) is 14.8 Å². The van der Waals surface area contributed by atoms with Crippen LogP contribution < -0.4 is 0 Å². The van der Waals surface area contributed by atoms with Gasteiger partial charge in [-0.1, -0.05) is 17.8 Å². The summed E-state index contributed by atoms with van der Waals surface area (Å²) in [6, 6.07) is 4.94. The minimum atomic E-state index is -3.70. The largest absolute Gasteiger partial charge is 0.340 e. The van der Waals surface area contributed by atoms with Crippen LogP contribution in [0.4, 0.5) is 4.79 Å². The van der Waals surface area contributed by atoms with Crippen molar-refractivity contribution in [3.63, 3.8) is 0 Å². The number of thioether (sulfide) groups is 1. The summed E-state index contributed by atoms with van der Waals surface area (Å²) in [6.45, 7) is 2.25. The number of nitrogens with zero attached hydrogens (tertiary/aromatic N) is 5. The van der Waals surface area contributed by atoms with E-state index in [9.17, 15) is 18.0 Å². The Balaban J connectivity index is 1.37. The van der Waals surface area contributed by atoms with Crippen molar-refractivity contribution < 1.29 is 18.0 Å². The van der Waals surface area contributed by atoms with E-state index >= 15 is 0 Å². The van der Waals surface area contributed by atoms with E-state index in [-0.39, 0.29) is 35.6 Å². The molecule has 0 spiro atoms. The molecule has 1 aromatic carbocycles. The molecule has 2 aliphatic heterocycles. The number of hydrogen-bond acceptors (Lipinski definition) is 8. The third-order valence-electron chi connectivity index (χ3n) is 4.90. The second-order valence-electron chi connectivity index (χ2n) is 6.52. The zero-order valence-corrected chi connectivity index (χ0v) is 17.4. The van der Waals surface area contributed by atoms with Gasteiger partial charge in [-0.3, -0.25) is 9.59 Å². The zero-order valence-electron chi connectivity index (χ0n) is 15.0. The van der Waals surface area contributed by atoms with E-state index in [1.807, 2.05) is 0 Å². The van der Waals surface area contributed by atoms with Crippen molar-refractivity contribution in [2.45, 2.75) is 11.3 Å². The normalized spacial score (nSPS) is 18.9. The van der Waals surface area contributed by atoms with E-state index in [2.05, 4.69) is 8.75 Å². The van der Waals surface area contributed by atoms with E-state index in [4.69, 9.17) is 0 Å². The van der Waals surface area contributed by atoms with Crippen LogP contribution in [0.3, 0.4) is 0 Å². The molecule has 0 atom stereocenters. The Hall–Kier alpha value is -1.76. The van der Waals surface area contributed by atoms with Gasteiger partial charge in [-0.25, -0.2) is 8.42 Å². The molecule has 0 N–H and O–H groups in total. The number of carbonyl (C=O) groups is 2. The van der Waals surface area contributed by atoms with Crippen molar-refractivity contribution in [3.05, 3.63) is 18.2 Å². The fourth-order valence-corrected chi connectivity index (χ4v) is 6.35. The lowest BCUT2D eigenvalue weighted by Gasteiger charge is -2.34. The van der Waals surface area contributed by atoms with Crippen LogP contribution in [0.2, 0.25) is 0 Å². The highest BCUT2D eigenvalue weighted by atomic mass is 32.2. The average molecular weight is 442 g/mol. The molecule has 2 saturated heterocycles. The summed E-state index contributed by atoms with van der Waals surface area (Å²) in [4.78, 5) is 27.5. The maximum Gasteiger partial charge on any atom is 0.281 e. The lowest BCUT2D eigenvalue weighted by atomic mass is 10.3. The molecule has 0 saturated carbocycles. The Bertz CT molecular complexity index is 1000. The third kappa shape index (κ3) is 3.73. The summed E-state index contributed by atoms with van der Waals surface area (Å²) in [5.41, 5.74) is 0.952. The van der Waals surface area contributed by atoms with Gasteiger partial charge in [0.05, 0.1) is 11.7 Å². The number of hydrogen-bond donors (Lipinski definition) is 0. The summed E-state index contributed by atoms with van der Waals surface area (Å²) < 4.78 is 35.7. The van der Waals surface area contributed by atoms with Crippen molar-refractivity contribution in [2.24, 2.45) is 0 Å². The summed E-state index contributed by atoms with van der Waals surface area (Å²) in [5, 5.41) is 0.0226. The van der Waals surface area contributed by atoms with Gasteiger partial charge in [-0.05, 0) is 12.1 Å². The van der Waals surface area contributed by atoms with Gasteiger partial charge in [0, 0.05) is 51.4 Å². The number of sulfonamides is 1. The Labute approximate surface area is 171 Å². The maximum absolute atomic E-state index is 13.0. The van der Waals surface area contributed by atoms with E-state index in [1.54, 1.807) is 28.0 Å². The van der Waals surface area contributed by atoms with Crippen molar-refractivity contribution in [3.8, 4) is 0 Å². The van der Waals surface area contributed by atoms with E-state index < -0.39 is 10.0 Å². The van der Waals surface area contributed by atoms with Gasteiger partial charge in [0.2, 0.25) is 15.9 Å². The highest BCUT2D eigenvalue weighted by Crippen LogP contribution is 2.25. The second-order valence-corrected chi connectivity index (χ2v) is 10.0. The number of amides is 2. The number of aromatic nitrogens is 2. The first-order valence-corrected chi connectivity index (χ1v) is 12.0. The second kappa shape index (κ2) is 7.93. The molecular formula is C16H19N5O4S3. The number of rotatable bonds is 5. The number of benzene rings is 1. The Kier molecular flexibility index (Phi) is 5.54. The van der Waals surface area contributed by atoms with Crippen molar-refractivity contribution >= 4 is 55.7 Å². The molecule has 2 amide bonds. The molecule has 2 aromatic rings. The van der Waals surface area contributed by atoms with Gasteiger partial charge < -0.3 is 9.80 Å². The molecule has 0 radical (unpaired) electrons. The molecular weight excluding hydrogens is 422 g/mol. The third-order valence-corrected chi connectivity index (χ3v) is 8.26. The van der Waals surface area contributed by atoms with Crippen LogP contribution in [0, 0.1) is 0 Å². The minimum Gasteiger partial charge on any atom is -0.340 e. The van der Waals surface area contributed by atoms with Gasteiger partial charge in [0.25, 0.3) is 5.24 Å². The minimum absolute atomic E-state index is 0.0226. The first-order chi connectivity index (χ1) is 13.5. The topological polar surface area (TPSA) is 104 Å². The van der Waals surface area contributed by atoms with Crippen molar-refractivity contribution in [2.75, 3.05) is 45.0 Å².